The Morgan fingerprint density at radius 3 is 2.92 bits per heavy atom. The van der Waals surface area contributed by atoms with Crippen LogP contribution in [-0.4, -0.2) is 28.2 Å². The van der Waals surface area contributed by atoms with Gasteiger partial charge >= 0.3 is 0 Å². The van der Waals surface area contributed by atoms with Crippen molar-refractivity contribution in [3.05, 3.63) is 45.8 Å². The lowest BCUT2D eigenvalue weighted by molar-refractivity contribution is 0.102. The third-order valence-corrected chi connectivity index (χ3v) is 4.82. The lowest BCUT2D eigenvalue weighted by atomic mass is 10.1. The van der Waals surface area contributed by atoms with Gasteiger partial charge < -0.3 is 4.74 Å². The second-order valence-corrected chi connectivity index (χ2v) is 7.07. The zero-order valence-corrected chi connectivity index (χ0v) is 14.5. The molecule has 2 aromatic heterocycles. The summed E-state index contributed by atoms with van der Waals surface area (Å²) in [5, 5.41) is 12.2. The standard InChI is InChI=1S/C15H13FN4O2S2/c1-8-17-12(13(23-8)9-4-3-5-10(16)6-9)14(21)18-15-20-19-11(24-15)7-22-2/h3-6H,7H2,1-2H3,(H,18,20,21). The minimum atomic E-state index is -0.404. The molecule has 1 amide bonds. The Bertz CT molecular complexity index is 878. The number of thiazole rings is 1. The predicted octanol–water partition coefficient (Wildman–Crippen LogP) is 3.51. The van der Waals surface area contributed by atoms with Crippen LogP contribution >= 0.6 is 22.7 Å². The molecule has 0 aliphatic rings. The Labute approximate surface area is 145 Å². The van der Waals surface area contributed by atoms with Crippen LogP contribution in [0, 0.1) is 12.7 Å². The molecule has 24 heavy (non-hydrogen) atoms. The van der Waals surface area contributed by atoms with Gasteiger partial charge in [-0.15, -0.1) is 21.5 Å². The number of carbonyl (C=O) groups is 1. The van der Waals surface area contributed by atoms with Gasteiger partial charge in [0.05, 0.1) is 9.88 Å². The second-order valence-electron chi connectivity index (χ2n) is 4.81. The summed E-state index contributed by atoms with van der Waals surface area (Å²) in [5.41, 5.74) is 0.856. The molecule has 0 aliphatic heterocycles. The van der Waals surface area contributed by atoms with Gasteiger partial charge in [-0.1, -0.05) is 23.5 Å². The fraction of sp³-hybridized carbons (Fsp3) is 0.200. The molecule has 124 valence electrons. The molecular formula is C15H13FN4O2S2. The summed E-state index contributed by atoms with van der Waals surface area (Å²) in [6.07, 6.45) is 0. The highest BCUT2D eigenvalue weighted by Gasteiger charge is 2.20. The normalized spacial score (nSPS) is 10.8. The summed E-state index contributed by atoms with van der Waals surface area (Å²) < 4.78 is 18.4. The van der Waals surface area contributed by atoms with Crippen molar-refractivity contribution in [2.45, 2.75) is 13.5 Å². The molecule has 1 aromatic carbocycles. The number of nitrogens with zero attached hydrogens (tertiary/aromatic N) is 3. The Morgan fingerprint density at radius 2 is 2.17 bits per heavy atom. The molecule has 9 heteroatoms. The average molecular weight is 364 g/mol. The first-order chi connectivity index (χ1) is 11.6. The number of nitrogens with one attached hydrogen (secondary N) is 1. The van der Waals surface area contributed by atoms with Gasteiger partial charge in [0.15, 0.2) is 0 Å². The molecule has 0 atom stereocenters. The van der Waals surface area contributed by atoms with Crippen LogP contribution in [0.1, 0.15) is 20.5 Å². The molecule has 3 rings (SSSR count). The van der Waals surface area contributed by atoms with Crippen LogP contribution in [0.5, 0.6) is 0 Å². The largest absolute Gasteiger partial charge is 0.377 e. The number of benzene rings is 1. The topological polar surface area (TPSA) is 77.0 Å². The van der Waals surface area contributed by atoms with E-state index in [0.717, 1.165) is 5.01 Å². The van der Waals surface area contributed by atoms with Gasteiger partial charge in [-0.3, -0.25) is 10.1 Å². The van der Waals surface area contributed by atoms with Crippen LogP contribution in [-0.2, 0) is 11.3 Å². The number of aryl methyl sites for hydroxylation is 1. The molecule has 6 nitrogen and oxygen atoms in total. The van der Waals surface area contributed by atoms with Crippen molar-refractivity contribution in [1.29, 1.82) is 0 Å². The van der Waals surface area contributed by atoms with Crippen molar-refractivity contribution < 1.29 is 13.9 Å². The predicted molar refractivity (Wildman–Crippen MR) is 90.8 cm³/mol. The maximum Gasteiger partial charge on any atom is 0.277 e. The summed E-state index contributed by atoms with van der Waals surface area (Å²) in [5.74, 6) is -0.767. The van der Waals surface area contributed by atoms with E-state index in [4.69, 9.17) is 4.74 Å². The van der Waals surface area contributed by atoms with E-state index >= 15 is 0 Å². The maximum absolute atomic E-state index is 13.5. The number of rotatable bonds is 5. The lowest BCUT2D eigenvalue weighted by Gasteiger charge is -2.02. The molecule has 0 radical (unpaired) electrons. The van der Waals surface area contributed by atoms with Crippen molar-refractivity contribution in [2.24, 2.45) is 0 Å². The molecule has 2 heterocycles. The van der Waals surface area contributed by atoms with Crippen molar-refractivity contribution in [3.8, 4) is 10.4 Å². The minimum absolute atomic E-state index is 0.242. The molecule has 0 saturated heterocycles. The van der Waals surface area contributed by atoms with E-state index in [9.17, 15) is 9.18 Å². The van der Waals surface area contributed by atoms with E-state index in [0.29, 0.717) is 27.2 Å². The van der Waals surface area contributed by atoms with E-state index in [1.54, 1.807) is 26.2 Å². The highest BCUT2D eigenvalue weighted by molar-refractivity contribution is 7.16. The summed E-state index contributed by atoms with van der Waals surface area (Å²) in [6.45, 7) is 2.13. The Morgan fingerprint density at radius 1 is 1.33 bits per heavy atom. The molecule has 3 aromatic rings. The van der Waals surface area contributed by atoms with Crippen LogP contribution < -0.4 is 5.32 Å². The van der Waals surface area contributed by atoms with Crippen LogP contribution in [0.4, 0.5) is 9.52 Å². The Kier molecular flexibility index (Phi) is 4.93. The number of hydrogen-bond acceptors (Lipinski definition) is 7. The number of hydrogen-bond donors (Lipinski definition) is 1. The summed E-state index contributed by atoms with van der Waals surface area (Å²) in [7, 11) is 1.56. The van der Waals surface area contributed by atoms with Crippen LogP contribution in [0.15, 0.2) is 24.3 Å². The van der Waals surface area contributed by atoms with Gasteiger partial charge in [0.25, 0.3) is 5.91 Å². The number of anilines is 1. The molecular weight excluding hydrogens is 351 g/mol. The van der Waals surface area contributed by atoms with Crippen LogP contribution in [0.25, 0.3) is 10.4 Å². The molecule has 0 saturated carbocycles. The van der Waals surface area contributed by atoms with Crippen molar-refractivity contribution in [3.63, 3.8) is 0 Å². The third kappa shape index (κ3) is 3.64. The van der Waals surface area contributed by atoms with Gasteiger partial charge in [0.2, 0.25) is 5.13 Å². The zero-order chi connectivity index (χ0) is 17.1. The Hall–Kier alpha value is -2.23. The quantitative estimate of drug-likeness (QED) is 0.750. The monoisotopic (exact) mass is 364 g/mol. The number of ether oxygens (including phenoxy) is 1. The Balaban J connectivity index is 1.87. The fourth-order valence-electron chi connectivity index (χ4n) is 2.05. The molecule has 0 fully saturated rings. The first-order valence-electron chi connectivity index (χ1n) is 6.93. The second kappa shape index (κ2) is 7.12. The first-order valence-corrected chi connectivity index (χ1v) is 8.56. The minimum Gasteiger partial charge on any atom is -0.377 e. The van der Waals surface area contributed by atoms with E-state index in [1.807, 2.05) is 0 Å². The highest BCUT2D eigenvalue weighted by atomic mass is 32.1. The van der Waals surface area contributed by atoms with Crippen molar-refractivity contribution >= 4 is 33.7 Å². The van der Waals surface area contributed by atoms with E-state index in [2.05, 4.69) is 20.5 Å². The van der Waals surface area contributed by atoms with Crippen LogP contribution in [0.2, 0.25) is 0 Å². The first kappa shape index (κ1) is 16.6. The summed E-state index contributed by atoms with van der Waals surface area (Å²) in [4.78, 5) is 17.4. The fourth-order valence-corrected chi connectivity index (χ4v) is 3.67. The summed E-state index contributed by atoms with van der Waals surface area (Å²) in [6, 6.07) is 6.08. The summed E-state index contributed by atoms with van der Waals surface area (Å²) >= 11 is 2.56. The number of amides is 1. The number of carbonyl (C=O) groups excluding carboxylic acids is 1. The van der Waals surface area contributed by atoms with Gasteiger partial charge in [-0.05, 0) is 24.6 Å². The van der Waals surface area contributed by atoms with Crippen molar-refractivity contribution in [2.75, 3.05) is 12.4 Å². The van der Waals surface area contributed by atoms with Gasteiger partial charge in [0.1, 0.15) is 23.1 Å². The molecule has 0 unspecified atom stereocenters. The number of aromatic nitrogens is 3. The maximum atomic E-state index is 13.5. The third-order valence-electron chi connectivity index (χ3n) is 2.99. The van der Waals surface area contributed by atoms with Gasteiger partial charge in [-0.2, -0.15) is 0 Å². The van der Waals surface area contributed by atoms with E-state index in [1.165, 1.54) is 34.8 Å². The van der Waals surface area contributed by atoms with Gasteiger partial charge in [0, 0.05) is 7.11 Å². The van der Waals surface area contributed by atoms with E-state index in [-0.39, 0.29) is 11.5 Å². The number of halogens is 1. The van der Waals surface area contributed by atoms with Crippen molar-refractivity contribution in [1.82, 2.24) is 15.2 Å². The van der Waals surface area contributed by atoms with Crippen LogP contribution in [0.3, 0.4) is 0 Å². The lowest BCUT2D eigenvalue weighted by Crippen LogP contribution is -2.13. The average Bonchev–Trinajstić information content (AvgIpc) is 3.14. The van der Waals surface area contributed by atoms with Gasteiger partial charge in [-0.25, -0.2) is 9.37 Å². The zero-order valence-electron chi connectivity index (χ0n) is 12.9. The smallest absolute Gasteiger partial charge is 0.277 e. The molecule has 0 aliphatic carbocycles. The highest BCUT2D eigenvalue weighted by Crippen LogP contribution is 2.31. The molecule has 0 bridgehead atoms. The number of methoxy groups -OCH3 is 1. The molecule has 0 spiro atoms. The molecule has 1 N–H and O–H groups in total. The SMILES string of the molecule is COCc1nnc(NC(=O)c2nc(C)sc2-c2cccc(F)c2)s1. The van der Waals surface area contributed by atoms with E-state index < -0.39 is 5.91 Å².